The summed E-state index contributed by atoms with van der Waals surface area (Å²) in [5, 5.41) is 8.73. The summed E-state index contributed by atoms with van der Waals surface area (Å²) in [7, 11) is 0. The van der Waals surface area contributed by atoms with Crippen molar-refractivity contribution < 1.29 is 19.4 Å². The van der Waals surface area contributed by atoms with E-state index < -0.39 is 5.97 Å². The minimum Gasteiger partial charge on any atom is -0.481 e. The van der Waals surface area contributed by atoms with Crippen molar-refractivity contribution in [2.45, 2.75) is 38.7 Å². The zero-order valence-corrected chi connectivity index (χ0v) is 12.8. The third kappa shape index (κ3) is 5.28. The van der Waals surface area contributed by atoms with Crippen molar-refractivity contribution in [3.05, 3.63) is 0 Å². The summed E-state index contributed by atoms with van der Waals surface area (Å²) in [6.45, 7) is 6.93. The molecule has 2 heterocycles. The van der Waals surface area contributed by atoms with Crippen molar-refractivity contribution in [3.8, 4) is 0 Å². The van der Waals surface area contributed by atoms with Crippen molar-refractivity contribution in [2.75, 3.05) is 39.3 Å². The van der Waals surface area contributed by atoms with Crippen LogP contribution < -0.4 is 0 Å². The molecule has 6 nitrogen and oxygen atoms in total. The maximum atomic E-state index is 12.1. The highest BCUT2D eigenvalue weighted by molar-refractivity contribution is 5.77. The fourth-order valence-electron chi connectivity index (χ4n) is 3.05. The molecule has 21 heavy (non-hydrogen) atoms. The number of amides is 1. The van der Waals surface area contributed by atoms with Gasteiger partial charge >= 0.3 is 5.97 Å². The van der Waals surface area contributed by atoms with E-state index in [2.05, 4.69) is 4.90 Å². The molecule has 0 aliphatic carbocycles. The van der Waals surface area contributed by atoms with Gasteiger partial charge in [-0.2, -0.15) is 0 Å². The molecule has 120 valence electrons. The van der Waals surface area contributed by atoms with Gasteiger partial charge in [0.25, 0.3) is 0 Å². The van der Waals surface area contributed by atoms with Crippen molar-refractivity contribution in [1.82, 2.24) is 9.80 Å². The predicted octanol–water partition coefficient (Wildman–Crippen LogP) is 0.810. The second-order valence-corrected chi connectivity index (χ2v) is 6.22. The van der Waals surface area contributed by atoms with Crippen LogP contribution in [0.25, 0.3) is 0 Å². The maximum Gasteiger partial charge on any atom is 0.303 e. The number of hydrogen-bond acceptors (Lipinski definition) is 4. The molecule has 0 aromatic heterocycles. The fraction of sp³-hybridized carbons (Fsp3) is 0.867. The third-order valence-corrected chi connectivity index (χ3v) is 4.26. The molecule has 2 fully saturated rings. The van der Waals surface area contributed by atoms with Crippen molar-refractivity contribution in [3.63, 3.8) is 0 Å². The molecule has 1 amide bonds. The van der Waals surface area contributed by atoms with Gasteiger partial charge in [0.1, 0.15) is 0 Å². The highest BCUT2D eigenvalue weighted by Crippen LogP contribution is 2.16. The molecule has 0 radical (unpaired) electrons. The van der Waals surface area contributed by atoms with Crippen molar-refractivity contribution >= 4 is 11.9 Å². The minimum atomic E-state index is -0.836. The van der Waals surface area contributed by atoms with Crippen molar-refractivity contribution in [1.29, 1.82) is 0 Å². The normalized spacial score (nSPS) is 25.0. The zero-order valence-electron chi connectivity index (χ0n) is 12.8. The lowest BCUT2D eigenvalue weighted by Crippen LogP contribution is -2.50. The average Bonchev–Trinajstić information content (AvgIpc) is 2.91. The molecule has 6 heteroatoms. The molecule has 2 aliphatic heterocycles. The molecular weight excluding hydrogens is 272 g/mol. The minimum absolute atomic E-state index is 0.0602. The maximum absolute atomic E-state index is 12.1. The Bertz CT molecular complexity index is 361. The van der Waals surface area contributed by atoms with Crippen LogP contribution in [0.5, 0.6) is 0 Å². The Kier molecular flexibility index (Phi) is 5.99. The number of aliphatic carboxylic acids is 1. The van der Waals surface area contributed by atoms with Gasteiger partial charge in [0.05, 0.1) is 6.10 Å². The van der Waals surface area contributed by atoms with Crippen LogP contribution in [-0.4, -0.2) is 72.2 Å². The van der Waals surface area contributed by atoms with Gasteiger partial charge in [0.15, 0.2) is 0 Å². The van der Waals surface area contributed by atoms with E-state index in [1.807, 2.05) is 11.8 Å². The summed E-state index contributed by atoms with van der Waals surface area (Å²) < 4.78 is 5.64. The van der Waals surface area contributed by atoms with E-state index in [1.165, 1.54) is 0 Å². The Morgan fingerprint density at radius 2 is 1.95 bits per heavy atom. The molecule has 2 rings (SSSR count). The van der Waals surface area contributed by atoms with Crippen LogP contribution >= 0.6 is 0 Å². The van der Waals surface area contributed by atoms with Gasteiger partial charge in [-0.1, -0.05) is 6.92 Å². The molecule has 0 saturated carbocycles. The lowest BCUT2D eigenvalue weighted by Gasteiger charge is -2.36. The largest absolute Gasteiger partial charge is 0.481 e. The first-order valence-corrected chi connectivity index (χ1v) is 7.88. The predicted molar refractivity (Wildman–Crippen MR) is 78.0 cm³/mol. The summed E-state index contributed by atoms with van der Waals surface area (Å²) in [5.41, 5.74) is 0. The van der Waals surface area contributed by atoms with E-state index in [1.54, 1.807) is 0 Å². The van der Waals surface area contributed by atoms with E-state index in [0.29, 0.717) is 12.5 Å². The van der Waals surface area contributed by atoms with E-state index in [9.17, 15) is 9.59 Å². The zero-order chi connectivity index (χ0) is 15.2. The number of nitrogens with zero attached hydrogens (tertiary/aromatic N) is 2. The lowest BCUT2D eigenvalue weighted by atomic mass is 10.0. The number of rotatable bonds is 6. The van der Waals surface area contributed by atoms with Crippen molar-refractivity contribution in [2.24, 2.45) is 5.92 Å². The molecule has 0 bridgehead atoms. The molecule has 2 aliphatic rings. The second kappa shape index (κ2) is 7.75. The van der Waals surface area contributed by atoms with Gasteiger partial charge < -0.3 is 14.7 Å². The van der Waals surface area contributed by atoms with Crippen LogP contribution in [0.1, 0.15) is 32.6 Å². The highest BCUT2D eigenvalue weighted by Gasteiger charge is 2.25. The summed E-state index contributed by atoms with van der Waals surface area (Å²) in [6, 6.07) is 0. The SMILES string of the molecule is CC(CC(=O)O)CC(=O)N1CCN(CC2CCCO2)CC1. The summed E-state index contributed by atoms with van der Waals surface area (Å²) >= 11 is 0. The van der Waals surface area contributed by atoms with Crippen LogP contribution in [0.4, 0.5) is 0 Å². The smallest absolute Gasteiger partial charge is 0.303 e. The number of ether oxygens (including phenoxy) is 1. The second-order valence-electron chi connectivity index (χ2n) is 6.22. The summed E-state index contributed by atoms with van der Waals surface area (Å²) in [6.07, 6.45) is 3.06. The van der Waals surface area contributed by atoms with Crippen LogP contribution in [-0.2, 0) is 14.3 Å². The molecule has 0 aromatic carbocycles. The van der Waals surface area contributed by atoms with Gasteiger partial charge in [-0.25, -0.2) is 0 Å². The molecule has 2 saturated heterocycles. The van der Waals surface area contributed by atoms with E-state index >= 15 is 0 Å². The topological polar surface area (TPSA) is 70.1 Å². The Labute approximate surface area is 126 Å². The van der Waals surface area contributed by atoms with Gasteiger partial charge in [-0.15, -0.1) is 0 Å². The molecular formula is C15H26N2O4. The number of hydrogen-bond donors (Lipinski definition) is 1. The average molecular weight is 298 g/mol. The Hall–Kier alpha value is -1.14. The van der Waals surface area contributed by atoms with E-state index in [-0.39, 0.29) is 18.2 Å². The van der Waals surface area contributed by atoms with E-state index in [0.717, 1.165) is 52.2 Å². The first-order valence-electron chi connectivity index (χ1n) is 7.88. The number of carboxylic acid groups (broad SMARTS) is 1. The van der Waals surface area contributed by atoms with Crippen LogP contribution in [0.3, 0.4) is 0 Å². The Morgan fingerprint density at radius 1 is 1.24 bits per heavy atom. The van der Waals surface area contributed by atoms with Gasteiger partial charge in [0.2, 0.25) is 5.91 Å². The number of carboxylic acids is 1. The first kappa shape index (κ1) is 16.2. The van der Waals surface area contributed by atoms with Gasteiger partial charge in [-0.3, -0.25) is 14.5 Å². The fourth-order valence-corrected chi connectivity index (χ4v) is 3.05. The van der Waals surface area contributed by atoms with Gasteiger partial charge in [-0.05, 0) is 18.8 Å². The van der Waals surface area contributed by atoms with Crippen LogP contribution in [0.2, 0.25) is 0 Å². The Morgan fingerprint density at radius 3 is 2.52 bits per heavy atom. The number of piperazine rings is 1. The Balaban J connectivity index is 1.67. The molecule has 2 atom stereocenters. The molecule has 0 aromatic rings. The van der Waals surface area contributed by atoms with E-state index in [4.69, 9.17) is 9.84 Å². The standard InChI is InChI=1S/C15H26N2O4/c1-12(10-15(19)20)9-14(18)17-6-4-16(5-7-17)11-13-3-2-8-21-13/h12-13H,2-11H2,1H3,(H,19,20). The lowest BCUT2D eigenvalue weighted by molar-refractivity contribution is -0.139. The van der Waals surface area contributed by atoms with Gasteiger partial charge in [0, 0.05) is 52.2 Å². The van der Waals surface area contributed by atoms with Crippen LogP contribution in [0.15, 0.2) is 0 Å². The number of carbonyl (C=O) groups excluding carboxylic acids is 1. The third-order valence-electron chi connectivity index (χ3n) is 4.26. The first-order chi connectivity index (χ1) is 10.0. The number of carbonyl (C=O) groups is 2. The molecule has 1 N–H and O–H groups in total. The highest BCUT2D eigenvalue weighted by atomic mass is 16.5. The molecule has 2 unspecified atom stereocenters. The van der Waals surface area contributed by atoms with Crippen LogP contribution in [0, 0.1) is 5.92 Å². The molecule has 0 spiro atoms. The monoisotopic (exact) mass is 298 g/mol. The summed E-state index contributed by atoms with van der Waals surface area (Å²) in [5.74, 6) is -0.850. The summed E-state index contributed by atoms with van der Waals surface area (Å²) in [4.78, 5) is 27.0. The quantitative estimate of drug-likeness (QED) is 0.786.